The van der Waals surface area contributed by atoms with E-state index in [9.17, 15) is 4.79 Å². The van der Waals surface area contributed by atoms with Gasteiger partial charge < -0.3 is 34.4 Å². The summed E-state index contributed by atoms with van der Waals surface area (Å²) in [6, 6.07) is 5.90. The fourth-order valence-electron chi connectivity index (χ4n) is 4.42. The minimum absolute atomic E-state index is 0. The van der Waals surface area contributed by atoms with Gasteiger partial charge in [0.05, 0.1) is 18.9 Å². The molecule has 2 aliphatic heterocycles. The standard InChI is InChI=1S/C24H26N8O4.ClH/c1-14-10-15(2-4-26-14)23-28-18(13-35-23)22(33)27-17-11-19-20(29-21(17)32-5-3-16(25)12-32)30-24(36-19)31-6-8-34-9-7-31;/h2,4,10-11,13,16H,3,5-9,12,25H2,1H3,(H,27,33);1H. The minimum atomic E-state index is -0.422. The fraction of sp³-hybridized carbons (Fsp3) is 0.375. The first-order valence-corrected chi connectivity index (χ1v) is 11.9. The second-order valence-electron chi connectivity index (χ2n) is 8.95. The van der Waals surface area contributed by atoms with E-state index >= 15 is 0 Å². The van der Waals surface area contributed by atoms with Crippen LogP contribution >= 0.6 is 12.4 Å². The van der Waals surface area contributed by atoms with Crippen molar-refractivity contribution >= 4 is 47.1 Å². The number of anilines is 3. The Bertz CT molecular complexity index is 1420. The summed E-state index contributed by atoms with van der Waals surface area (Å²) in [6.07, 6.45) is 3.84. The first kappa shape index (κ1) is 24.9. The van der Waals surface area contributed by atoms with E-state index in [1.807, 2.05) is 17.9 Å². The number of ether oxygens (including phenoxy) is 1. The minimum Gasteiger partial charge on any atom is -0.444 e. The molecule has 6 heterocycles. The highest BCUT2D eigenvalue weighted by Crippen LogP contribution is 2.33. The number of amides is 1. The molecule has 0 saturated carbocycles. The molecule has 0 aromatic carbocycles. The SMILES string of the molecule is Cc1cc(-c2nc(C(=O)Nc3cc4oc(N5CCOCC5)nc4nc3N3CCC(N)C3)co2)ccn1.Cl. The first-order valence-electron chi connectivity index (χ1n) is 11.9. The zero-order chi connectivity index (χ0) is 24.6. The van der Waals surface area contributed by atoms with Gasteiger partial charge in [0.1, 0.15) is 6.26 Å². The van der Waals surface area contributed by atoms with E-state index < -0.39 is 5.91 Å². The Hall–Kier alpha value is -3.74. The molecule has 4 aromatic heterocycles. The summed E-state index contributed by atoms with van der Waals surface area (Å²) in [5, 5.41) is 2.94. The average Bonchev–Trinajstić information content (AvgIpc) is 3.63. The quantitative estimate of drug-likeness (QED) is 0.395. The number of aromatic nitrogens is 4. The number of halogens is 1. The number of hydrogen-bond donors (Lipinski definition) is 2. The highest BCUT2D eigenvalue weighted by molar-refractivity contribution is 6.05. The van der Waals surface area contributed by atoms with Gasteiger partial charge in [-0.05, 0) is 25.5 Å². The highest BCUT2D eigenvalue weighted by Gasteiger charge is 2.27. The number of carbonyl (C=O) groups is 1. The number of oxazole rings is 2. The van der Waals surface area contributed by atoms with Crippen molar-refractivity contribution in [1.82, 2.24) is 19.9 Å². The van der Waals surface area contributed by atoms with Crippen LogP contribution < -0.4 is 20.9 Å². The molecule has 37 heavy (non-hydrogen) atoms. The summed E-state index contributed by atoms with van der Waals surface area (Å²) in [5.41, 5.74) is 9.32. The van der Waals surface area contributed by atoms with E-state index in [1.165, 1.54) is 6.26 Å². The van der Waals surface area contributed by atoms with Crippen LogP contribution in [0.25, 0.3) is 22.7 Å². The number of hydrogen-bond acceptors (Lipinski definition) is 11. The van der Waals surface area contributed by atoms with Gasteiger partial charge in [-0.1, -0.05) is 0 Å². The Morgan fingerprint density at radius 2 is 1.97 bits per heavy atom. The Morgan fingerprint density at radius 1 is 1.14 bits per heavy atom. The van der Waals surface area contributed by atoms with Gasteiger partial charge in [0, 0.05) is 55.7 Å². The molecule has 4 aromatic rings. The summed E-state index contributed by atoms with van der Waals surface area (Å²) in [7, 11) is 0. The lowest BCUT2D eigenvalue weighted by molar-refractivity contribution is 0.102. The van der Waals surface area contributed by atoms with Crippen molar-refractivity contribution < 1.29 is 18.4 Å². The van der Waals surface area contributed by atoms with Crippen LogP contribution in [0.3, 0.4) is 0 Å². The predicted octanol–water partition coefficient (Wildman–Crippen LogP) is 2.63. The molecule has 3 N–H and O–H groups in total. The van der Waals surface area contributed by atoms with Gasteiger partial charge in [0.2, 0.25) is 11.5 Å². The third-order valence-electron chi connectivity index (χ3n) is 6.29. The number of nitrogens with two attached hydrogens (primary N) is 1. The molecule has 2 aliphatic rings. The van der Waals surface area contributed by atoms with Crippen molar-refractivity contribution in [3.05, 3.63) is 42.0 Å². The van der Waals surface area contributed by atoms with E-state index in [2.05, 4.69) is 25.2 Å². The summed E-state index contributed by atoms with van der Waals surface area (Å²) >= 11 is 0. The van der Waals surface area contributed by atoms with Gasteiger partial charge in [-0.3, -0.25) is 9.78 Å². The highest BCUT2D eigenvalue weighted by atomic mass is 35.5. The van der Waals surface area contributed by atoms with Crippen LogP contribution in [0.5, 0.6) is 0 Å². The number of pyridine rings is 2. The molecule has 1 unspecified atom stereocenters. The number of morpholine rings is 1. The van der Waals surface area contributed by atoms with Gasteiger partial charge >= 0.3 is 0 Å². The molecular formula is C24H27ClN8O4. The molecular weight excluding hydrogens is 500 g/mol. The topological polar surface area (TPSA) is 149 Å². The molecule has 1 amide bonds. The maximum absolute atomic E-state index is 13.2. The normalized spacial score (nSPS) is 17.7. The van der Waals surface area contributed by atoms with E-state index in [0.29, 0.717) is 67.5 Å². The van der Waals surface area contributed by atoms with Gasteiger partial charge in [0.25, 0.3) is 11.9 Å². The maximum atomic E-state index is 13.2. The van der Waals surface area contributed by atoms with Crippen molar-refractivity contribution in [3.63, 3.8) is 0 Å². The molecule has 13 heteroatoms. The lowest BCUT2D eigenvalue weighted by Crippen LogP contribution is -2.36. The number of aryl methyl sites for hydroxylation is 1. The van der Waals surface area contributed by atoms with Gasteiger partial charge in [-0.25, -0.2) is 9.97 Å². The first-order chi connectivity index (χ1) is 17.5. The third kappa shape index (κ3) is 5.08. The predicted molar refractivity (Wildman–Crippen MR) is 139 cm³/mol. The Kier molecular flexibility index (Phi) is 6.96. The van der Waals surface area contributed by atoms with Crippen LogP contribution in [0.1, 0.15) is 22.6 Å². The van der Waals surface area contributed by atoms with Crippen molar-refractivity contribution in [3.8, 4) is 11.5 Å². The molecule has 194 valence electrons. The molecule has 2 fully saturated rings. The molecule has 0 spiro atoms. The lowest BCUT2D eigenvalue weighted by atomic mass is 10.2. The molecule has 0 radical (unpaired) electrons. The van der Waals surface area contributed by atoms with Crippen LogP contribution in [0.15, 0.2) is 39.5 Å². The Morgan fingerprint density at radius 3 is 2.73 bits per heavy atom. The van der Waals surface area contributed by atoms with Crippen molar-refractivity contribution in [2.24, 2.45) is 5.73 Å². The molecule has 12 nitrogen and oxygen atoms in total. The maximum Gasteiger partial charge on any atom is 0.300 e. The fourth-order valence-corrected chi connectivity index (χ4v) is 4.42. The number of fused-ring (bicyclic) bond motifs is 1. The van der Waals surface area contributed by atoms with E-state index in [0.717, 1.165) is 24.2 Å². The van der Waals surface area contributed by atoms with Crippen LogP contribution in [-0.2, 0) is 4.74 Å². The summed E-state index contributed by atoms with van der Waals surface area (Å²) in [4.78, 5) is 35.1. The van der Waals surface area contributed by atoms with Gasteiger partial charge in [-0.2, -0.15) is 4.98 Å². The van der Waals surface area contributed by atoms with E-state index in [4.69, 9.17) is 24.3 Å². The van der Waals surface area contributed by atoms with Gasteiger partial charge in [0.15, 0.2) is 17.1 Å². The van der Waals surface area contributed by atoms with E-state index in [-0.39, 0.29) is 24.1 Å². The summed E-state index contributed by atoms with van der Waals surface area (Å²) in [6.45, 7) is 5.85. The van der Waals surface area contributed by atoms with Crippen molar-refractivity contribution in [1.29, 1.82) is 0 Å². The van der Waals surface area contributed by atoms with Crippen molar-refractivity contribution in [2.45, 2.75) is 19.4 Å². The van der Waals surface area contributed by atoms with Crippen LogP contribution in [-0.4, -0.2) is 71.3 Å². The van der Waals surface area contributed by atoms with Crippen LogP contribution in [0, 0.1) is 6.92 Å². The summed E-state index contributed by atoms with van der Waals surface area (Å²) in [5.74, 6) is 0.518. The number of carbonyl (C=O) groups excluding carboxylic acids is 1. The number of rotatable bonds is 5. The molecule has 0 aliphatic carbocycles. The molecule has 2 saturated heterocycles. The molecule has 0 bridgehead atoms. The van der Waals surface area contributed by atoms with Crippen molar-refractivity contribution in [2.75, 3.05) is 54.5 Å². The summed E-state index contributed by atoms with van der Waals surface area (Å²) < 4.78 is 17.0. The number of nitrogens with one attached hydrogen (secondary N) is 1. The zero-order valence-corrected chi connectivity index (χ0v) is 21.0. The smallest absolute Gasteiger partial charge is 0.300 e. The molecule has 6 rings (SSSR count). The largest absolute Gasteiger partial charge is 0.444 e. The monoisotopic (exact) mass is 526 g/mol. The number of nitrogens with zero attached hydrogens (tertiary/aromatic N) is 6. The second kappa shape index (κ2) is 10.3. The van der Waals surface area contributed by atoms with E-state index in [1.54, 1.807) is 18.3 Å². The Balaban J connectivity index is 0.00000280. The van der Waals surface area contributed by atoms with Gasteiger partial charge in [-0.15, -0.1) is 12.4 Å². The lowest BCUT2D eigenvalue weighted by Gasteiger charge is -2.24. The second-order valence-corrected chi connectivity index (χ2v) is 8.95. The van der Waals surface area contributed by atoms with Crippen LogP contribution in [0.4, 0.5) is 17.5 Å². The third-order valence-corrected chi connectivity index (χ3v) is 6.29. The zero-order valence-electron chi connectivity index (χ0n) is 20.2. The Labute approximate surface area is 218 Å². The molecule has 1 atom stereocenters. The van der Waals surface area contributed by atoms with Crippen LogP contribution in [0.2, 0.25) is 0 Å². The average molecular weight is 527 g/mol.